The van der Waals surface area contributed by atoms with E-state index in [1.54, 1.807) is 18.0 Å². The topological polar surface area (TPSA) is 62.6 Å². The van der Waals surface area contributed by atoms with Crippen molar-refractivity contribution in [2.24, 2.45) is 0 Å². The second-order valence-electron chi connectivity index (χ2n) is 6.58. The molecule has 1 amide bonds. The Balaban J connectivity index is 1.52. The summed E-state index contributed by atoms with van der Waals surface area (Å²) in [5.41, 5.74) is 1.20. The molecule has 140 valence electrons. The number of hydrogen-bond donors (Lipinski definition) is 1. The number of rotatable bonds is 7. The van der Waals surface area contributed by atoms with Crippen molar-refractivity contribution in [3.63, 3.8) is 0 Å². The van der Waals surface area contributed by atoms with Gasteiger partial charge in [0.15, 0.2) is 11.4 Å². The maximum Gasteiger partial charge on any atom is 0.275 e. The standard InChI is InChI=1S/C19H27N5O2/c1-22-11-13-23(14-12-22)10-6-9-20-19(25)18-17(26-2)15-24(21-18)16-7-4-3-5-8-16/h3-5,7-8,15H,6,9-14H2,1-2H3,(H,20,25). The van der Waals surface area contributed by atoms with E-state index in [9.17, 15) is 4.79 Å². The fraction of sp³-hybridized carbons (Fsp3) is 0.474. The number of nitrogens with zero attached hydrogens (tertiary/aromatic N) is 4. The third-order valence-corrected chi connectivity index (χ3v) is 4.67. The predicted octanol–water partition coefficient (Wildman–Crippen LogP) is 1.25. The number of aromatic nitrogens is 2. The molecule has 1 fully saturated rings. The fourth-order valence-electron chi connectivity index (χ4n) is 3.04. The molecule has 1 aliphatic rings. The molecule has 1 aliphatic heterocycles. The van der Waals surface area contributed by atoms with E-state index < -0.39 is 0 Å². The first kappa shape index (κ1) is 18.4. The second-order valence-corrected chi connectivity index (χ2v) is 6.58. The van der Waals surface area contributed by atoms with Gasteiger partial charge in [0.2, 0.25) is 0 Å². The van der Waals surface area contributed by atoms with Crippen LogP contribution in [0.2, 0.25) is 0 Å². The van der Waals surface area contributed by atoms with Crippen molar-refractivity contribution in [3.8, 4) is 11.4 Å². The molecular weight excluding hydrogens is 330 g/mol. The number of benzene rings is 1. The number of carbonyl (C=O) groups excluding carboxylic acids is 1. The first-order valence-corrected chi connectivity index (χ1v) is 9.05. The lowest BCUT2D eigenvalue weighted by Crippen LogP contribution is -2.45. The normalized spacial score (nSPS) is 15.8. The summed E-state index contributed by atoms with van der Waals surface area (Å²) in [5, 5.41) is 7.35. The molecule has 0 bridgehead atoms. The summed E-state index contributed by atoms with van der Waals surface area (Å²) >= 11 is 0. The van der Waals surface area contributed by atoms with E-state index in [0.29, 0.717) is 18.0 Å². The summed E-state index contributed by atoms with van der Waals surface area (Å²) in [4.78, 5) is 17.3. The van der Waals surface area contributed by atoms with Gasteiger partial charge in [0, 0.05) is 32.7 Å². The van der Waals surface area contributed by atoms with Crippen LogP contribution in [0.5, 0.6) is 5.75 Å². The summed E-state index contributed by atoms with van der Waals surface area (Å²) in [6.07, 6.45) is 2.66. The van der Waals surface area contributed by atoms with E-state index in [1.165, 1.54) is 0 Å². The molecule has 7 heteroatoms. The van der Waals surface area contributed by atoms with Gasteiger partial charge in [0.25, 0.3) is 5.91 Å². The Labute approximate surface area is 154 Å². The Hall–Kier alpha value is -2.38. The van der Waals surface area contributed by atoms with Crippen LogP contribution < -0.4 is 10.1 Å². The van der Waals surface area contributed by atoms with Crippen molar-refractivity contribution < 1.29 is 9.53 Å². The van der Waals surface area contributed by atoms with Crippen LogP contribution in [-0.2, 0) is 0 Å². The zero-order valence-corrected chi connectivity index (χ0v) is 15.5. The van der Waals surface area contributed by atoms with Gasteiger partial charge >= 0.3 is 0 Å². The minimum absolute atomic E-state index is 0.199. The highest BCUT2D eigenvalue weighted by atomic mass is 16.5. The van der Waals surface area contributed by atoms with Gasteiger partial charge in [-0.05, 0) is 32.1 Å². The van der Waals surface area contributed by atoms with Gasteiger partial charge in [0.1, 0.15) is 0 Å². The summed E-state index contributed by atoms with van der Waals surface area (Å²) in [5.74, 6) is 0.278. The van der Waals surface area contributed by atoms with E-state index in [2.05, 4.69) is 27.3 Å². The number of amides is 1. The molecule has 0 atom stereocenters. The lowest BCUT2D eigenvalue weighted by atomic mass is 10.3. The van der Waals surface area contributed by atoms with E-state index in [1.807, 2.05) is 30.3 Å². The van der Waals surface area contributed by atoms with Gasteiger partial charge in [-0.2, -0.15) is 5.10 Å². The second kappa shape index (κ2) is 8.82. The molecule has 1 N–H and O–H groups in total. The number of carbonyl (C=O) groups is 1. The molecule has 0 radical (unpaired) electrons. The van der Waals surface area contributed by atoms with Crippen LogP contribution in [0.15, 0.2) is 36.5 Å². The van der Waals surface area contributed by atoms with Crippen LogP contribution in [0.3, 0.4) is 0 Å². The quantitative estimate of drug-likeness (QED) is 0.756. The Morgan fingerprint density at radius 2 is 1.92 bits per heavy atom. The maximum atomic E-state index is 12.5. The first-order valence-electron chi connectivity index (χ1n) is 9.05. The highest BCUT2D eigenvalue weighted by Crippen LogP contribution is 2.19. The smallest absolute Gasteiger partial charge is 0.275 e. The average molecular weight is 357 g/mol. The van der Waals surface area contributed by atoms with Crippen LogP contribution >= 0.6 is 0 Å². The zero-order chi connectivity index (χ0) is 18.4. The minimum atomic E-state index is -0.199. The van der Waals surface area contributed by atoms with Gasteiger partial charge in [-0.1, -0.05) is 18.2 Å². The predicted molar refractivity (Wildman–Crippen MR) is 101 cm³/mol. The summed E-state index contributed by atoms with van der Waals surface area (Å²) in [6, 6.07) is 9.68. The third kappa shape index (κ3) is 4.62. The molecule has 0 spiro atoms. The number of hydrogen-bond acceptors (Lipinski definition) is 5. The molecule has 7 nitrogen and oxygen atoms in total. The van der Waals surface area contributed by atoms with Crippen LogP contribution in [0.4, 0.5) is 0 Å². The summed E-state index contributed by atoms with van der Waals surface area (Å²) in [7, 11) is 3.70. The van der Waals surface area contributed by atoms with Gasteiger partial charge in [-0.3, -0.25) is 4.79 Å². The van der Waals surface area contributed by atoms with E-state index >= 15 is 0 Å². The number of likely N-dealkylation sites (N-methyl/N-ethyl adjacent to an activating group) is 1. The molecule has 2 heterocycles. The van der Waals surface area contributed by atoms with Gasteiger partial charge < -0.3 is 19.9 Å². The van der Waals surface area contributed by atoms with E-state index in [-0.39, 0.29) is 5.91 Å². The van der Waals surface area contributed by atoms with Crippen molar-refractivity contribution in [1.29, 1.82) is 0 Å². The number of piperazine rings is 1. The monoisotopic (exact) mass is 357 g/mol. The Bertz CT molecular complexity index is 708. The molecule has 1 aromatic carbocycles. The van der Waals surface area contributed by atoms with Crippen LogP contribution in [0.25, 0.3) is 5.69 Å². The highest BCUT2D eigenvalue weighted by Gasteiger charge is 2.18. The molecular formula is C19H27N5O2. The Morgan fingerprint density at radius 1 is 1.19 bits per heavy atom. The molecule has 3 rings (SSSR count). The number of methoxy groups -OCH3 is 1. The maximum absolute atomic E-state index is 12.5. The lowest BCUT2D eigenvalue weighted by Gasteiger charge is -2.32. The molecule has 0 aliphatic carbocycles. The Kier molecular flexibility index (Phi) is 6.25. The fourth-order valence-corrected chi connectivity index (χ4v) is 3.04. The Morgan fingerprint density at radius 3 is 2.62 bits per heavy atom. The molecule has 26 heavy (non-hydrogen) atoms. The average Bonchev–Trinajstić information content (AvgIpc) is 3.12. The minimum Gasteiger partial charge on any atom is -0.493 e. The number of nitrogens with one attached hydrogen (secondary N) is 1. The largest absolute Gasteiger partial charge is 0.493 e. The van der Waals surface area contributed by atoms with Gasteiger partial charge in [0.05, 0.1) is 19.0 Å². The van der Waals surface area contributed by atoms with E-state index in [0.717, 1.165) is 44.8 Å². The van der Waals surface area contributed by atoms with Gasteiger partial charge in [-0.15, -0.1) is 0 Å². The summed E-state index contributed by atoms with van der Waals surface area (Å²) < 4.78 is 6.99. The van der Waals surface area contributed by atoms with Crippen molar-refractivity contribution in [2.45, 2.75) is 6.42 Å². The molecule has 1 aromatic heterocycles. The van der Waals surface area contributed by atoms with E-state index in [4.69, 9.17) is 4.74 Å². The van der Waals surface area contributed by atoms with Gasteiger partial charge in [-0.25, -0.2) is 4.68 Å². The molecule has 1 saturated heterocycles. The van der Waals surface area contributed by atoms with Crippen LogP contribution in [-0.4, -0.2) is 78.9 Å². The van der Waals surface area contributed by atoms with Crippen molar-refractivity contribution in [3.05, 3.63) is 42.2 Å². The third-order valence-electron chi connectivity index (χ3n) is 4.67. The summed E-state index contributed by atoms with van der Waals surface area (Å²) in [6.45, 7) is 6.05. The number of ether oxygens (including phenoxy) is 1. The van der Waals surface area contributed by atoms with Crippen molar-refractivity contribution in [1.82, 2.24) is 24.9 Å². The first-order chi connectivity index (χ1) is 12.7. The van der Waals surface area contributed by atoms with Crippen molar-refractivity contribution >= 4 is 5.91 Å². The SMILES string of the molecule is COc1cn(-c2ccccc2)nc1C(=O)NCCCN1CCN(C)CC1. The van der Waals surface area contributed by atoms with Crippen LogP contribution in [0, 0.1) is 0 Å². The molecule has 2 aromatic rings. The zero-order valence-electron chi connectivity index (χ0n) is 15.5. The molecule has 0 saturated carbocycles. The van der Waals surface area contributed by atoms with Crippen molar-refractivity contribution in [2.75, 3.05) is 53.4 Å². The lowest BCUT2D eigenvalue weighted by molar-refractivity contribution is 0.0941. The molecule has 0 unspecified atom stereocenters. The van der Waals surface area contributed by atoms with Crippen LogP contribution in [0.1, 0.15) is 16.9 Å². The number of para-hydroxylation sites is 1. The highest BCUT2D eigenvalue weighted by molar-refractivity contribution is 5.94.